The quantitative estimate of drug-likeness (QED) is 0.911. The average molecular weight is 293 g/mol. The molecule has 1 heterocycles. The van der Waals surface area contributed by atoms with Gasteiger partial charge in [-0.25, -0.2) is 13.8 Å². The van der Waals surface area contributed by atoms with Crippen LogP contribution >= 0.6 is 0 Å². The molecule has 1 aromatic carbocycles. The molecule has 0 aliphatic rings. The van der Waals surface area contributed by atoms with Gasteiger partial charge in [-0.15, -0.1) is 0 Å². The Morgan fingerprint density at radius 1 is 1.29 bits per heavy atom. The van der Waals surface area contributed by atoms with Gasteiger partial charge in [0.25, 0.3) is 5.56 Å². The maximum Gasteiger partial charge on any atom is 0.255 e. The van der Waals surface area contributed by atoms with Crippen molar-refractivity contribution < 1.29 is 8.78 Å². The summed E-state index contributed by atoms with van der Waals surface area (Å²) in [6.45, 7) is 5.38. The van der Waals surface area contributed by atoms with E-state index in [1.165, 1.54) is 18.2 Å². The van der Waals surface area contributed by atoms with E-state index in [1.54, 1.807) is 6.92 Å². The highest BCUT2D eigenvalue weighted by molar-refractivity contribution is 5.34. The number of halogens is 2. The zero-order valence-electron chi connectivity index (χ0n) is 12.1. The summed E-state index contributed by atoms with van der Waals surface area (Å²) in [5.41, 5.74) is 0.298. The first-order valence-corrected chi connectivity index (χ1v) is 6.67. The van der Waals surface area contributed by atoms with E-state index in [0.29, 0.717) is 17.2 Å². The zero-order valence-corrected chi connectivity index (χ0v) is 12.1. The highest BCUT2D eigenvalue weighted by Gasteiger charge is 2.14. The van der Waals surface area contributed by atoms with Gasteiger partial charge in [-0.1, -0.05) is 6.07 Å². The summed E-state index contributed by atoms with van der Waals surface area (Å²) in [4.78, 5) is 18.7. The Morgan fingerprint density at radius 3 is 2.48 bits per heavy atom. The van der Waals surface area contributed by atoms with E-state index >= 15 is 0 Å². The topological polar surface area (TPSA) is 57.8 Å². The van der Waals surface area contributed by atoms with Gasteiger partial charge in [-0.05, 0) is 32.9 Å². The SMILES string of the molecule is Cc1c(Cc2c(F)cccc2F)nc(NC(C)C)[nH]c1=O. The third-order valence-electron chi connectivity index (χ3n) is 3.08. The van der Waals surface area contributed by atoms with E-state index in [9.17, 15) is 13.6 Å². The number of rotatable bonds is 4. The van der Waals surface area contributed by atoms with Crippen LogP contribution in [0.25, 0.3) is 0 Å². The summed E-state index contributed by atoms with van der Waals surface area (Å²) in [6.07, 6.45) is -0.0684. The molecule has 0 aliphatic carbocycles. The molecular weight excluding hydrogens is 276 g/mol. The summed E-state index contributed by atoms with van der Waals surface area (Å²) >= 11 is 0. The van der Waals surface area contributed by atoms with Crippen molar-refractivity contribution in [3.8, 4) is 0 Å². The van der Waals surface area contributed by atoms with Crippen molar-refractivity contribution >= 4 is 5.95 Å². The van der Waals surface area contributed by atoms with E-state index in [-0.39, 0.29) is 23.6 Å². The van der Waals surface area contributed by atoms with Crippen LogP contribution in [0.2, 0.25) is 0 Å². The molecule has 0 bridgehead atoms. The van der Waals surface area contributed by atoms with Gasteiger partial charge in [-0.3, -0.25) is 9.78 Å². The maximum atomic E-state index is 13.7. The van der Waals surface area contributed by atoms with Crippen LogP contribution in [0, 0.1) is 18.6 Å². The Morgan fingerprint density at radius 2 is 1.90 bits per heavy atom. The Kier molecular flexibility index (Phi) is 4.35. The summed E-state index contributed by atoms with van der Waals surface area (Å²) in [5, 5.41) is 2.97. The predicted octanol–water partition coefficient (Wildman–Crippen LogP) is 2.77. The van der Waals surface area contributed by atoms with Gasteiger partial charge in [0.2, 0.25) is 5.95 Å². The first-order valence-electron chi connectivity index (χ1n) is 6.67. The van der Waals surface area contributed by atoms with E-state index in [0.717, 1.165) is 0 Å². The van der Waals surface area contributed by atoms with Crippen molar-refractivity contribution in [1.29, 1.82) is 0 Å². The molecule has 0 saturated carbocycles. The van der Waals surface area contributed by atoms with E-state index < -0.39 is 11.6 Å². The van der Waals surface area contributed by atoms with Gasteiger partial charge in [0.05, 0.1) is 5.69 Å². The number of aromatic nitrogens is 2. The molecule has 4 nitrogen and oxygen atoms in total. The van der Waals surface area contributed by atoms with Gasteiger partial charge in [0, 0.05) is 23.6 Å². The summed E-state index contributed by atoms with van der Waals surface area (Å²) in [7, 11) is 0. The predicted molar refractivity (Wildman–Crippen MR) is 77.5 cm³/mol. The molecule has 0 atom stereocenters. The molecule has 0 unspecified atom stereocenters. The van der Waals surface area contributed by atoms with Crippen LogP contribution in [0.4, 0.5) is 14.7 Å². The third-order valence-corrected chi connectivity index (χ3v) is 3.08. The van der Waals surface area contributed by atoms with Crippen LogP contribution in [0.1, 0.15) is 30.7 Å². The number of hydrogen-bond acceptors (Lipinski definition) is 3. The molecule has 0 spiro atoms. The fraction of sp³-hybridized carbons (Fsp3) is 0.333. The maximum absolute atomic E-state index is 13.7. The van der Waals surface area contributed by atoms with E-state index in [4.69, 9.17) is 0 Å². The van der Waals surface area contributed by atoms with Crippen molar-refractivity contribution in [2.75, 3.05) is 5.32 Å². The number of H-pyrrole nitrogens is 1. The molecule has 1 aromatic heterocycles. The Balaban J connectivity index is 2.44. The van der Waals surface area contributed by atoms with Crippen LogP contribution in [0.5, 0.6) is 0 Å². The minimum atomic E-state index is -0.644. The minimum absolute atomic E-state index is 0.0684. The molecule has 0 amide bonds. The van der Waals surface area contributed by atoms with Crippen molar-refractivity contribution in [3.05, 3.63) is 57.0 Å². The second-order valence-corrected chi connectivity index (χ2v) is 5.16. The number of anilines is 1. The smallest absolute Gasteiger partial charge is 0.255 e. The molecule has 2 N–H and O–H groups in total. The lowest BCUT2D eigenvalue weighted by atomic mass is 10.1. The number of nitrogens with one attached hydrogen (secondary N) is 2. The number of benzene rings is 1. The van der Waals surface area contributed by atoms with Crippen LogP contribution < -0.4 is 10.9 Å². The van der Waals surface area contributed by atoms with Crippen molar-refractivity contribution in [3.63, 3.8) is 0 Å². The fourth-order valence-electron chi connectivity index (χ4n) is 1.96. The van der Waals surface area contributed by atoms with Crippen LogP contribution in [0.15, 0.2) is 23.0 Å². The van der Waals surface area contributed by atoms with Crippen LogP contribution in [-0.4, -0.2) is 16.0 Å². The lowest BCUT2D eigenvalue weighted by Gasteiger charge is -2.12. The second-order valence-electron chi connectivity index (χ2n) is 5.16. The van der Waals surface area contributed by atoms with E-state index in [1.807, 2.05) is 13.8 Å². The second kappa shape index (κ2) is 6.03. The molecule has 0 saturated heterocycles. The fourth-order valence-corrected chi connectivity index (χ4v) is 1.96. The third kappa shape index (κ3) is 3.45. The molecule has 0 radical (unpaired) electrons. The lowest BCUT2D eigenvalue weighted by Crippen LogP contribution is -2.21. The van der Waals surface area contributed by atoms with Crippen LogP contribution in [-0.2, 0) is 6.42 Å². The summed E-state index contributed by atoms with van der Waals surface area (Å²) in [6, 6.07) is 3.76. The van der Waals surface area contributed by atoms with Gasteiger partial charge < -0.3 is 5.32 Å². The Labute approximate surface area is 121 Å². The standard InChI is InChI=1S/C15H17F2N3O/c1-8(2)18-15-19-13(9(3)14(21)20-15)7-10-11(16)5-4-6-12(10)17/h4-6,8H,7H2,1-3H3,(H2,18,19,20,21). The average Bonchev–Trinajstić information content (AvgIpc) is 2.38. The normalized spacial score (nSPS) is 11.0. The van der Waals surface area contributed by atoms with Crippen molar-refractivity contribution in [2.24, 2.45) is 0 Å². The molecule has 2 aromatic rings. The molecule has 0 aliphatic heterocycles. The Bertz CT molecular complexity index is 690. The van der Waals surface area contributed by atoms with Crippen molar-refractivity contribution in [1.82, 2.24) is 9.97 Å². The highest BCUT2D eigenvalue weighted by Crippen LogP contribution is 2.17. The monoisotopic (exact) mass is 293 g/mol. The van der Waals surface area contributed by atoms with Crippen LogP contribution in [0.3, 0.4) is 0 Å². The van der Waals surface area contributed by atoms with Gasteiger partial charge in [0.15, 0.2) is 0 Å². The molecule has 6 heteroatoms. The van der Waals surface area contributed by atoms with Gasteiger partial charge >= 0.3 is 0 Å². The molecular formula is C15H17F2N3O. The van der Waals surface area contributed by atoms with Gasteiger partial charge in [0.1, 0.15) is 11.6 Å². The summed E-state index contributed by atoms with van der Waals surface area (Å²) in [5.74, 6) is -0.989. The molecule has 112 valence electrons. The molecule has 0 fully saturated rings. The summed E-state index contributed by atoms with van der Waals surface area (Å²) < 4.78 is 27.4. The highest BCUT2D eigenvalue weighted by atomic mass is 19.1. The zero-order chi connectivity index (χ0) is 15.6. The first-order chi connectivity index (χ1) is 9.88. The Hall–Kier alpha value is -2.24. The number of hydrogen-bond donors (Lipinski definition) is 2. The van der Waals surface area contributed by atoms with E-state index in [2.05, 4.69) is 15.3 Å². The number of aromatic amines is 1. The van der Waals surface area contributed by atoms with Gasteiger partial charge in [-0.2, -0.15) is 0 Å². The number of nitrogens with zero attached hydrogens (tertiary/aromatic N) is 1. The first kappa shape index (κ1) is 15.2. The molecule has 2 rings (SSSR count). The lowest BCUT2D eigenvalue weighted by molar-refractivity contribution is 0.560. The molecule has 21 heavy (non-hydrogen) atoms. The largest absolute Gasteiger partial charge is 0.354 e. The minimum Gasteiger partial charge on any atom is -0.354 e. The van der Waals surface area contributed by atoms with Crippen molar-refractivity contribution in [2.45, 2.75) is 33.2 Å².